The van der Waals surface area contributed by atoms with Crippen LogP contribution in [0.2, 0.25) is 5.15 Å². The zero-order valence-corrected chi connectivity index (χ0v) is 15.9. The van der Waals surface area contributed by atoms with Crippen LogP contribution in [0.4, 0.5) is 0 Å². The second-order valence-corrected chi connectivity index (χ2v) is 7.91. The average Bonchev–Trinajstić information content (AvgIpc) is 3.14. The first kappa shape index (κ1) is 16.8. The molecule has 5 nitrogen and oxygen atoms in total. The number of rotatable bonds is 4. The van der Waals surface area contributed by atoms with Crippen molar-refractivity contribution in [1.29, 1.82) is 0 Å². The molecule has 1 saturated heterocycles. The van der Waals surface area contributed by atoms with Crippen molar-refractivity contribution in [3.05, 3.63) is 57.1 Å². The van der Waals surface area contributed by atoms with E-state index in [1.165, 1.54) is 10.4 Å². The number of thiophene rings is 1. The average molecular weight is 376 g/mol. The van der Waals surface area contributed by atoms with Gasteiger partial charge in [0.25, 0.3) is 0 Å². The summed E-state index contributed by atoms with van der Waals surface area (Å²) < 4.78 is 0. The number of piperazine rings is 1. The van der Waals surface area contributed by atoms with Gasteiger partial charge in [-0.25, -0.2) is 9.99 Å². The minimum absolute atomic E-state index is 0.538. The van der Waals surface area contributed by atoms with Crippen LogP contribution in [0.5, 0.6) is 0 Å². The number of likely N-dealkylation sites (N-methyl/N-ethyl adjacent to an activating group) is 1. The van der Waals surface area contributed by atoms with Crippen LogP contribution in [0.3, 0.4) is 0 Å². The van der Waals surface area contributed by atoms with Gasteiger partial charge in [-0.15, -0.1) is 11.3 Å². The van der Waals surface area contributed by atoms with Crippen molar-refractivity contribution in [3.63, 3.8) is 0 Å². The minimum Gasteiger partial charge on any atom is -0.378 e. The molecule has 0 spiro atoms. The quantitative estimate of drug-likeness (QED) is 0.831. The molecule has 0 unspecified atom stereocenters. The van der Waals surface area contributed by atoms with Gasteiger partial charge in [-0.05, 0) is 24.6 Å². The number of pyridine rings is 1. The van der Waals surface area contributed by atoms with Gasteiger partial charge in [-0.2, -0.15) is 0 Å². The predicted molar refractivity (Wildman–Crippen MR) is 103 cm³/mol. The lowest BCUT2D eigenvalue weighted by Crippen LogP contribution is -2.51. The van der Waals surface area contributed by atoms with Gasteiger partial charge in [0, 0.05) is 61.1 Å². The molecule has 0 aliphatic carbocycles. The molecule has 1 N–H and O–H groups in total. The van der Waals surface area contributed by atoms with Crippen LogP contribution in [0, 0.1) is 0 Å². The third-order valence-corrected chi connectivity index (χ3v) is 5.81. The van der Waals surface area contributed by atoms with Gasteiger partial charge in [0.05, 0.1) is 12.2 Å². The largest absolute Gasteiger partial charge is 0.378 e. The maximum atomic E-state index is 6.15. The number of nitrogens with zero attached hydrogens (tertiary/aromatic N) is 4. The number of halogens is 1. The fourth-order valence-corrected chi connectivity index (χ4v) is 4.05. The van der Waals surface area contributed by atoms with E-state index in [4.69, 9.17) is 11.6 Å². The summed E-state index contributed by atoms with van der Waals surface area (Å²) in [6.45, 7) is 5.93. The monoisotopic (exact) mass is 375 g/mol. The summed E-state index contributed by atoms with van der Waals surface area (Å²) in [5.41, 5.74) is 3.47. The Morgan fingerprint density at radius 1 is 1.28 bits per heavy atom. The van der Waals surface area contributed by atoms with Crippen molar-refractivity contribution in [2.24, 2.45) is 0 Å². The highest BCUT2D eigenvalue weighted by Gasteiger charge is 2.24. The second-order valence-electron chi connectivity index (χ2n) is 6.49. The van der Waals surface area contributed by atoms with Crippen LogP contribution < -0.4 is 5.32 Å². The molecular weight excluding hydrogens is 354 g/mol. The normalized spacial score (nSPS) is 18.8. The molecular formula is C18H22ClN5S. The molecule has 0 atom stereocenters. The van der Waals surface area contributed by atoms with Gasteiger partial charge in [0.1, 0.15) is 5.15 Å². The standard InChI is InChI=1S/C18H22ClN5S/c1-22-4-6-23(7-5-22)24-12-14-10-21-18(19)9-16(14)17(13-24)20-11-15-3-2-8-25-15/h2-3,8-10,13,20H,4-7,11-12H2,1H3. The number of hydrazine groups is 1. The Morgan fingerprint density at radius 2 is 2.12 bits per heavy atom. The van der Waals surface area contributed by atoms with Gasteiger partial charge in [-0.1, -0.05) is 17.7 Å². The number of fused-ring (bicyclic) bond motifs is 1. The highest BCUT2D eigenvalue weighted by atomic mass is 35.5. The SMILES string of the molecule is CN1CCN(N2C=C(NCc3cccs3)c3cc(Cl)ncc3C2)CC1. The van der Waals surface area contributed by atoms with E-state index >= 15 is 0 Å². The second kappa shape index (κ2) is 7.33. The van der Waals surface area contributed by atoms with Gasteiger partial charge in [-0.3, -0.25) is 0 Å². The van der Waals surface area contributed by atoms with Crippen LogP contribution in [-0.4, -0.2) is 53.1 Å². The zero-order valence-electron chi connectivity index (χ0n) is 14.3. The lowest BCUT2D eigenvalue weighted by atomic mass is 10.0. The smallest absolute Gasteiger partial charge is 0.129 e. The van der Waals surface area contributed by atoms with E-state index in [1.54, 1.807) is 11.3 Å². The molecule has 7 heteroatoms. The molecule has 2 aromatic rings. The summed E-state index contributed by atoms with van der Waals surface area (Å²) in [5.74, 6) is 0. The van der Waals surface area contributed by atoms with E-state index in [-0.39, 0.29) is 0 Å². The first-order chi connectivity index (χ1) is 12.2. The van der Waals surface area contributed by atoms with Crippen molar-refractivity contribution in [1.82, 2.24) is 25.2 Å². The number of hydrogen-bond acceptors (Lipinski definition) is 6. The maximum Gasteiger partial charge on any atom is 0.129 e. The Kier molecular flexibility index (Phi) is 4.94. The summed E-state index contributed by atoms with van der Waals surface area (Å²) in [4.78, 5) is 7.98. The Morgan fingerprint density at radius 3 is 2.88 bits per heavy atom. The van der Waals surface area contributed by atoms with E-state index in [9.17, 15) is 0 Å². The Bertz CT molecular complexity index is 753. The summed E-state index contributed by atoms with van der Waals surface area (Å²) in [6, 6.07) is 6.20. The fourth-order valence-electron chi connectivity index (χ4n) is 3.24. The predicted octanol–water partition coefficient (Wildman–Crippen LogP) is 2.86. The van der Waals surface area contributed by atoms with Crippen LogP contribution in [0.15, 0.2) is 36.0 Å². The summed E-state index contributed by atoms with van der Waals surface area (Å²) in [7, 11) is 2.18. The molecule has 4 rings (SSSR count). The van der Waals surface area contributed by atoms with Gasteiger partial charge >= 0.3 is 0 Å². The lowest BCUT2D eigenvalue weighted by molar-refractivity contribution is -0.0226. The minimum atomic E-state index is 0.538. The van der Waals surface area contributed by atoms with Crippen molar-refractivity contribution in [2.75, 3.05) is 33.2 Å². The number of nitrogens with one attached hydrogen (secondary N) is 1. The molecule has 4 heterocycles. The molecule has 0 aromatic carbocycles. The van der Waals surface area contributed by atoms with Gasteiger partial charge < -0.3 is 15.2 Å². The third kappa shape index (κ3) is 3.82. The molecule has 0 saturated carbocycles. The van der Waals surface area contributed by atoms with Crippen molar-refractivity contribution >= 4 is 28.6 Å². The van der Waals surface area contributed by atoms with E-state index in [1.807, 2.05) is 12.3 Å². The van der Waals surface area contributed by atoms with Gasteiger partial charge in [0.15, 0.2) is 0 Å². The maximum absolute atomic E-state index is 6.15. The van der Waals surface area contributed by atoms with Crippen molar-refractivity contribution in [3.8, 4) is 0 Å². The summed E-state index contributed by atoms with van der Waals surface area (Å²) in [5, 5.41) is 11.0. The van der Waals surface area contributed by atoms with Crippen molar-refractivity contribution < 1.29 is 0 Å². The van der Waals surface area contributed by atoms with E-state index in [0.717, 1.165) is 50.5 Å². The summed E-state index contributed by atoms with van der Waals surface area (Å²) in [6.07, 6.45) is 4.12. The highest BCUT2D eigenvalue weighted by molar-refractivity contribution is 7.09. The number of hydrogen-bond donors (Lipinski definition) is 1. The molecule has 0 amide bonds. The molecule has 2 aromatic heterocycles. The molecule has 25 heavy (non-hydrogen) atoms. The van der Waals surface area contributed by atoms with Crippen LogP contribution in [0.25, 0.3) is 5.70 Å². The van der Waals surface area contributed by atoms with Gasteiger partial charge in [0.2, 0.25) is 0 Å². The Balaban J connectivity index is 1.58. The molecule has 132 valence electrons. The lowest BCUT2D eigenvalue weighted by Gasteiger charge is -2.41. The first-order valence-electron chi connectivity index (χ1n) is 8.52. The molecule has 0 bridgehead atoms. The fraction of sp³-hybridized carbons (Fsp3) is 0.389. The topological polar surface area (TPSA) is 34.6 Å². The molecule has 2 aliphatic rings. The number of aromatic nitrogens is 1. The van der Waals surface area contributed by atoms with E-state index in [0.29, 0.717) is 5.15 Å². The van der Waals surface area contributed by atoms with Crippen molar-refractivity contribution in [2.45, 2.75) is 13.1 Å². The molecule has 1 fully saturated rings. The summed E-state index contributed by atoms with van der Waals surface area (Å²) >= 11 is 7.92. The van der Waals surface area contributed by atoms with E-state index < -0.39 is 0 Å². The van der Waals surface area contributed by atoms with Crippen LogP contribution >= 0.6 is 22.9 Å². The zero-order chi connectivity index (χ0) is 17.2. The Labute approximate surface area is 157 Å². The van der Waals surface area contributed by atoms with Crippen LogP contribution in [-0.2, 0) is 13.1 Å². The molecule has 2 aliphatic heterocycles. The third-order valence-electron chi connectivity index (χ3n) is 4.73. The Hall–Kier alpha value is -1.60. The first-order valence-corrected chi connectivity index (χ1v) is 9.78. The highest BCUT2D eigenvalue weighted by Crippen LogP contribution is 2.28. The van der Waals surface area contributed by atoms with E-state index in [2.05, 4.69) is 56.0 Å². The van der Waals surface area contributed by atoms with Crippen LogP contribution in [0.1, 0.15) is 16.0 Å². The molecule has 0 radical (unpaired) electrons.